The standard InChI is InChI=1S/C13H12F3N3O2/c1-8-11(7-12(20)21-2)18-19(17-8)10-5-3-9(4-6-10)13(14,15)16/h3-6H,7H2,1-2H3. The molecule has 8 heteroatoms. The van der Waals surface area contributed by atoms with Crippen molar-refractivity contribution in [3.8, 4) is 5.69 Å². The minimum atomic E-state index is -4.39. The Morgan fingerprint density at radius 3 is 2.38 bits per heavy atom. The summed E-state index contributed by atoms with van der Waals surface area (Å²) in [5.74, 6) is -0.461. The number of methoxy groups -OCH3 is 1. The molecule has 0 aliphatic carbocycles. The quantitative estimate of drug-likeness (QED) is 0.816. The maximum Gasteiger partial charge on any atom is 0.416 e. The van der Waals surface area contributed by atoms with Gasteiger partial charge in [-0.15, -0.1) is 0 Å². The molecule has 21 heavy (non-hydrogen) atoms. The first kappa shape index (κ1) is 15.0. The number of hydrogen-bond acceptors (Lipinski definition) is 4. The molecule has 0 radical (unpaired) electrons. The van der Waals surface area contributed by atoms with Crippen molar-refractivity contribution in [2.24, 2.45) is 0 Å². The SMILES string of the molecule is COC(=O)Cc1nn(-c2ccc(C(F)(F)F)cc2)nc1C. The number of benzene rings is 1. The summed E-state index contributed by atoms with van der Waals surface area (Å²) < 4.78 is 42.0. The van der Waals surface area contributed by atoms with Crippen LogP contribution in [0.1, 0.15) is 17.0 Å². The Balaban J connectivity index is 2.26. The van der Waals surface area contributed by atoms with E-state index >= 15 is 0 Å². The van der Waals surface area contributed by atoms with Gasteiger partial charge in [-0.2, -0.15) is 28.2 Å². The third-order valence-electron chi connectivity index (χ3n) is 2.84. The molecule has 1 aromatic carbocycles. The number of aromatic nitrogens is 3. The van der Waals surface area contributed by atoms with E-state index in [1.54, 1.807) is 6.92 Å². The van der Waals surface area contributed by atoms with Gasteiger partial charge in [0.15, 0.2) is 0 Å². The largest absolute Gasteiger partial charge is 0.469 e. The summed E-state index contributed by atoms with van der Waals surface area (Å²) in [6.07, 6.45) is -4.43. The smallest absolute Gasteiger partial charge is 0.416 e. The number of halogens is 3. The molecule has 0 unspecified atom stereocenters. The Kier molecular flexibility index (Phi) is 3.97. The molecular formula is C13H12F3N3O2. The number of hydrogen-bond donors (Lipinski definition) is 0. The van der Waals surface area contributed by atoms with Crippen LogP contribution in [-0.2, 0) is 22.1 Å². The average molecular weight is 299 g/mol. The zero-order chi connectivity index (χ0) is 15.6. The van der Waals surface area contributed by atoms with Gasteiger partial charge in [0.2, 0.25) is 0 Å². The molecule has 0 bridgehead atoms. The Labute approximate surface area is 118 Å². The molecule has 2 rings (SSSR count). The van der Waals surface area contributed by atoms with Gasteiger partial charge in [-0.25, -0.2) is 0 Å². The highest BCUT2D eigenvalue weighted by molar-refractivity contribution is 5.72. The third-order valence-corrected chi connectivity index (χ3v) is 2.84. The highest BCUT2D eigenvalue weighted by Crippen LogP contribution is 2.29. The minimum absolute atomic E-state index is 0.0387. The minimum Gasteiger partial charge on any atom is -0.469 e. The molecule has 0 amide bonds. The lowest BCUT2D eigenvalue weighted by Gasteiger charge is -2.06. The van der Waals surface area contributed by atoms with Gasteiger partial charge in [-0.05, 0) is 31.2 Å². The van der Waals surface area contributed by atoms with E-state index in [1.165, 1.54) is 24.0 Å². The van der Waals surface area contributed by atoms with E-state index in [4.69, 9.17) is 0 Å². The number of alkyl halides is 3. The highest BCUT2D eigenvalue weighted by atomic mass is 19.4. The number of carbonyl (C=O) groups excluding carboxylic acids is 1. The summed E-state index contributed by atoms with van der Waals surface area (Å²) in [6, 6.07) is 4.44. The van der Waals surface area contributed by atoms with Gasteiger partial charge in [0.05, 0.1) is 36.2 Å². The van der Waals surface area contributed by atoms with Crippen LogP contribution in [0.25, 0.3) is 5.69 Å². The van der Waals surface area contributed by atoms with Gasteiger partial charge in [0.1, 0.15) is 0 Å². The predicted octanol–water partition coefficient (Wildman–Crippen LogP) is 2.31. The summed E-state index contributed by atoms with van der Waals surface area (Å²) in [4.78, 5) is 12.4. The zero-order valence-electron chi connectivity index (χ0n) is 11.3. The third kappa shape index (κ3) is 3.39. The number of nitrogens with zero attached hydrogens (tertiary/aromatic N) is 3. The molecule has 0 saturated heterocycles. The van der Waals surface area contributed by atoms with Crippen LogP contribution in [0.15, 0.2) is 24.3 Å². The Morgan fingerprint density at radius 2 is 1.86 bits per heavy atom. The van der Waals surface area contributed by atoms with E-state index in [0.717, 1.165) is 12.1 Å². The van der Waals surface area contributed by atoms with Crippen molar-refractivity contribution in [3.63, 3.8) is 0 Å². The molecule has 112 valence electrons. The molecule has 2 aromatic rings. The Bertz CT molecular complexity index is 648. The summed E-state index contributed by atoms with van der Waals surface area (Å²) in [6.45, 7) is 1.66. The summed E-state index contributed by atoms with van der Waals surface area (Å²) >= 11 is 0. The van der Waals surface area contributed by atoms with E-state index in [1.807, 2.05) is 0 Å². The lowest BCUT2D eigenvalue weighted by Crippen LogP contribution is -2.07. The van der Waals surface area contributed by atoms with Crippen molar-refractivity contribution in [1.29, 1.82) is 0 Å². The number of carbonyl (C=O) groups is 1. The first-order valence-electron chi connectivity index (χ1n) is 5.98. The Hall–Kier alpha value is -2.38. The van der Waals surface area contributed by atoms with Crippen LogP contribution in [0.4, 0.5) is 13.2 Å². The van der Waals surface area contributed by atoms with Crippen LogP contribution in [-0.4, -0.2) is 28.1 Å². The van der Waals surface area contributed by atoms with E-state index < -0.39 is 17.7 Å². The van der Waals surface area contributed by atoms with Crippen LogP contribution in [0.2, 0.25) is 0 Å². The topological polar surface area (TPSA) is 57.0 Å². The lowest BCUT2D eigenvalue weighted by atomic mass is 10.2. The molecular weight excluding hydrogens is 287 g/mol. The molecule has 0 fully saturated rings. The van der Waals surface area contributed by atoms with Crippen LogP contribution in [0.3, 0.4) is 0 Å². The summed E-state index contributed by atoms with van der Waals surface area (Å²) in [7, 11) is 1.26. The fourth-order valence-corrected chi connectivity index (χ4v) is 1.68. The van der Waals surface area contributed by atoms with Crippen molar-refractivity contribution in [3.05, 3.63) is 41.2 Å². The first-order valence-corrected chi connectivity index (χ1v) is 5.98. The first-order chi connectivity index (χ1) is 9.81. The van der Waals surface area contributed by atoms with Crippen LogP contribution in [0, 0.1) is 6.92 Å². The fourth-order valence-electron chi connectivity index (χ4n) is 1.68. The molecule has 5 nitrogen and oxygen atoms in total. The van der Waals surface area contributed by atoms with Crippen LogP contribution >= 0.6 is 0 Å². The summed E-state index contributed by atoms with van der Waals surface area (Å²) in [5.41, 5.74) is 0.564. The molecule has 0 spiro atoms. The van der Waals surface area contributed by atoms with Gasteiger partial charge < -0.3 is 4.74 Å². The monoisotopic (exact) mass is 299 g/mol. The molecule has 0 aliphatic rings. The number of esters is 1. The molecule has 0 atom stereocenters. The van der Waals surface area contributed by atoms with Crippen molar-refractivity contribution < 1.29 is 22.7 Å². The van der Waals surface area contributed by atoms with Gasteiger partial charge in [0, 0.05) is 0 Å². The van der Waals surface area contributed by atoms with E-state index in [0.29, 0.717) is 17.1 Å². The average Bonchev–Trinajstić information content (AvgIpc) is 2.79. The Morgan fingerprint density at radius 1 is 1.24 bits per heavy atom. The van der Waals surface area contributed by atoms with Gasteiger partial charge >= 0.3 is 12.1 Å². The number of aryl methyl sites for hydroxylation is 1. The molecule has 1 heterocycles. The fraction of sp³-hybridized carbons (Fsp3) is 0.308. The van der Waals surface area contributed by atoms with Crippen molar-refractivity contribution in [1.82, 2.24) is 15.0 Å². The van der Waals surface area contributed by atoms with E-state index in [-0.39, 0.29) is 6.42 Å². The second kappa shape index (κ2) is 5.55. The van der Waals surface area contributed by atoms with Gasteiger partial charge in [-0.3, -0.25) is 4.79 Å². The van der Waals surface area contributed by atoms with E-state index in [2.05, 4.69) is 14.9 Å². The van der Waals surface area contributed by atoms with Crippen molar-refractivity contribution in [2.75, 3.05) is 7.11 Å². The second-order valence-electron chi connectivity index (χ2n) is 4.32. The lowest BCUT2D eigenvalue weighted by molar-refractivity contribution is -0.140. The maximum atomic E-state index is 12.5. The van der Waals surface area contributed by atoms with E-state index in [9.17, 15) is 18.0 Å². The highest BCUT2D eigenvalue weighted by Gasteiger charge is 2.30. The van der Waals surface area contributed by atoms with Gasteiger partial charge in [-0.1, -0.05) is 0 Å². The normalized spacial score (nSPS) is 11.5. The van der Waals surface area contributed by atoms with Crippen molar-refractivity contribution in [2.45, 2.75) is 19.5 Å². The summed E-state index contributed by atoms with van der Waals surface area (Å²) in [5, 5.41) is 8.16. The zero-order valence-corrected chi connectivity index (χ0v) is 11.3. The number of rotatable bonds is 3. The van der Waals surface area contributed by atoms with Crippen molar-refractivity contribution >= 4 is 5.97 Å². The molecule has 0 N–H and O–H groups in total. The molecule has 0 aliphatic heterocycles. The van der Waals surface area contributed by atoms with Crippen LogP contribution in [0.5, 0.6) is 0 Å². The second-order valence-corrected chi connectivity index (χ2v) is 4.32. The van der Waals surface area contributed by atoms with Gasteiger partial charge in [0.25, 0.3) is 0 Å². The predicted molar refractivity (Wildman–Crippen MR) is 66.8 cm³/mol. The number of ether oxygens (including phenoxy) is 1. The molecule has 1 aromatic heterocycles. The molecule has 0 saturated carbocycles. The maximum absolute atomic E-state index is 12.5. The van der Waals surface area contributed by atoms with Crippen LogP contribution < -0.4 is 0 Å².